The van der Waals surface area contributed by atoms with Gasteiger partial charge in [-0.25, -0.2) is 0 Å². The van der Waals surface area contributed by atoms with Gasteiger partial charge in [-0.15, -0.1) is 0 Å². The molecule has 0 radical (unpaired) electrons. The van der Waals surface area contributed by atoms with Gasteiger partial charge in [0, 0.05) is 0 Å². The van der Waals surface area contributed by atoms with Crippen LogP contribution in [0.15, 0.2) is 0 Å². The largest absolute Gasteiger partial charge is 0.378 e. The molecule has 0 aromatic carbocycles. The third-order valence-electron chi connectivity index (χ3n) is 3.61. The molecule has 20 heavy (non-hydrogen) atoms. The maximum atomic E-state index is 5.54. The maximum Gasteiger partial charge on any atom is 0.268 e. The smallest absolute Gasteiger partial charge is 0.268 e. The Bertz CT molecular complexity index is 254. The van der Waals surface area contributed by atoms with Crippen LogP contribution in [0.5, 0.6) is 0 Å². The van der Waals surface area contributed by atoms with Crippen LogP contribution in [0.2, 0.25) is 0 Å². The molecule has 0 saturated carbocycles. The minimum atomic E-state index is 0.0446. The third-order valence-corrected chi connectivity index (χ3v) is 6.48. The molecule has 0 amide bonds. The highest BCUT2D eigenvalue weighted by atomic mass is 32.2. The Labute approximate surface area is 126 Å². The third kappa shape index (κ3) is 4.08. The Morgan fingerprint density at radius 1 is 0.750 bits per heavy atom. The first-order valence-electron chi connectivity index (χ1n) is 7.79. The molecule has 2 rings (SSSR count). The highest BCUT2D eigenvalue weighted by Gasteiger charge is 2.47. The van der Waals surface area contributed by atoms with E-state index in [0.29, 0.717) is 12.1 Å². The van der Waals surface area contributed by atoms with Gasteiger partial charge in [0.2, 0.25) is 0 Å². The van der Waals surface area contributed by atoms with Crippen LogP contribution in [0.25, 0.3) is 0 Å². The van der Waals surface area contributed by atoms with Crippen molar-refractivity contribution in [2.75, 3.05) is 52.6 Å². The lowest BCUT2D eigenvalue weighted by Crippen LogP contribution is -2.61. The summed E-state index contributed by atoms with van der Waals surface area (Å²) < 4.78 is 18.9. The van der Waals surface area contributed by atoms with E-state index >= 15 is 0 Å². The van der Waals surface area contributed by atoms with Gasteiger partial charge in [-0.2, -0.15) is 0 Å². The van der Waals surface area contributed by atoms with Gasteiger partial charge in [-0.3, -0.25) is 0 Å². The van der Waals surface area contributed by atoms with E-state index in [4.69, 9.17) is 9.47 Å². The van der Waals surface area contributed by atoms with Crippen LogP contribution in [0, 0.1) is 0 Å². The fraction of sp³-hybridized carbons (Fsp3) is 1.00. The zero-order valence-corrected chi connectivity index (χ0v) is 14.2. The van der Waals surface area contributed by atoms with Crippen molar-refractivity contribution >= 4 is 11.5 Å². The Morgan fingerprint density at radius 2 is 1.10 bits per heavy atom. The molecule has 6 heteroatoms. The number of morpholine rings is 2. The summed E-state index contributed by atoms with van der Waals surface area (Å²) in [4.78, 5) is 0. The van der Waals surface area contributed by atoms with Crippen LogP contribution in [0.1, 0.15) is 27.7 Å². The molecule has 0 unspecified atom stereocenters. The van der Waals surface area contributed by atoms with Crippen LogP contribution >= 0.6 is 0 Å². The van der Waals surface area contributed by atoms with E-state index in [-0.39, 0.29) is 11.5 Å². The summed E-state index contributed by atoms with van der Waals surface area (Å²) in [5.74, 6) is 0. The second-order valence-electron chi connectivity index (χ2n) is 5.88. The molecule has 0 aromatic rings. The predicted octanol–water partition coefficient (Wildman–Crippen LogP) is 1.13. The van der Waals surface area contributed by atoms with Crippen molar-refractivity contribution in [2.45, 2.75) is 39.8 Å². The Hall–Kier alpha value is 0.150. The lowest BCUT2D eigenvalue weighted by Gasteiger charge is -2.39. The monoisotopic (exact) mass is 304 g/mol. The Balaban J connectivity index is 2.16. The summed E-state index contributed by atoms with van der Waals surface area (Å²) in [7, 11) is 0. The average molecular weight is 304 g/mol. The first-order valence-corrected chi connectivity index (χ1v) is 8.89. The van der Waals surface area contributed by atoms with Crippen molar-refractivity contribution < 1.29 is 9.47 Å². The molecule has 0 bridgehead atoms. The van der Waals surface area contributed by atoms with Crippen LogP contribution in [0.4, 0.5) is 0 Å². The van der Waals surface area contributed by atoms with Gasteiger partial charge in [-0.05, 0) is 27.7 Å². The molecule has 0 N–H and O–H groups in total. The van der Waals surface area contributed by atoms with E-state index < -0.39 is 0 Å². The first kappa shape index (κ1) is 16.5. The first-order chi connectivity index (χ1) is 9.61. The molecule has 2 heterocycles. The average Bonchev–Trinajstić information content (AvgIpc) is 2.45. The SMILES string of the molecule is CC(C)N(C(C)C)[S+](N1CCOCC1)N1CCOCC1. The maximum absolute atomic E-state index is 5.54. The van der Waals surface area contributed by atoms with Gasteiger partial charge in [0.25, 0.3) is 11.5 Å². The fourth-order valence-electron chi connectivity index (χ4n) is 2.82. The van der Waals surface area contributed by atoms with E-state index in [0.717, 1.165) is 52.6 Å². The number of hydrogen-bond donors (Lipinski definition) is 0. The van der Waals surface area contributed by atoms with Crippen molar-refractivity contribution in [2.24, 2.45) is 0 Å². The van der Waals surface area contributed by atoms with Gasteiger partial charge in [0.05, 0.1) is 64.7 Å². The molecule has 0 aliphatic carbocycles. The van der Waals surface area contributed by atoms with Gasteiger partial charge < -0.3 is 9.47 Å². The summed E-state index contributed by atoms with van der Waals surface area (Å²) in [5.41, 5.74) is 0. The highest BCUT2D eigenvalue weighted by Crippen LogP contribution is 2.24. The van der Waals surface area contributed by atoms with Gasteiger partial charge in [0.1, 0.15) is 0 Å². The summed E-state index contributed by atoms with van der Waals surface area (Å²) in [6.07, 6.45) is 0. The van der Waals surface area contributed by atoms with Gasteiger partial charge >= 0.3 is 0 Å². The van der Waals surface area contributed by atoms with E-state index in [2.05, 4.69) is 40.6 Å². The van der Waals surface area contributed by atoms with E-state index in [1.165, 1.54) is 0 Å². The Morgan fingerprint density at radius 3 is 1.40 bits per heavy atom. The predicted molar refractivity (Wildman–Crippen MR) is 84.3 cm³/mol. The number of hydrogen-bond acceptors (Lipinski definition) is 5. The molecule has 5 nitrogen and oxygen atoms in total. The zero-order valence-electron chi connectivity index (χ0n) is 13.4. The molecule has 0 spiro atoms. The molecule has 2 aliphatic rings. The molecule has 0 aromatic heterocycles. The zero-order chi connectivity index (χ0) is 14.5. The van der Waals surface area contributed by atoms with E-state index in [9.17, 15) is 0 Å². The van der Waals surface area contributed by atoms with Crippen molar-refractivity contribution in [3.05, 3.63) is 0 Å². The van der Waals surface area contributed by atoms with Crippen LogP contribution in [0.3, 0.4) is 0 Å². The number of nitrogens with zero attached hydrogens (tertiary/aromatic N) is 3. The van der Waals surface area contributed by atoms with Gasteiger partial charge in [0.15, 0.2) is 0 Å². The van der Waals surface area contributed by atoms with Crippen molar-refractivity contribution in [3.8, 4) is 0 Å². The van der Waals surface area contributed by atoms with Crippen molar-refractivity contribution in [1.82, 2.24) is 12.9 Å². The Kier molecular flexibility index (Phi) is 6.58. The quantitative estimate of drug-likeness (QED) is 0.710. The van der Waals surface area contributed by atoms with Crippen LogP contribution < -0.4 is 0 Å². The second-order valence-corrected chi connectivity index (χ2v) is 7.82. The lowest BCUT2D eigenvalue weighted by atomic mass is 10.3. The van der Waals surface area contributed by atoms with Crippen LogP contribution in [-0.2, 0) is 20.9 Å². The molecule has 2 fully saturated rings. The number of ether oxygens (including phenoxy) is 2. The topological polar surface area (TPSA) is 28.2 Å². The van der Waals surface area contributed by atoms with Crippen LogP contribution in [-0.4, -0.2) is 77.6 Å². The number of rotatable bonds is 5. The summed E-state index contributed by atoms with van der Waals surface area (Å²) in [6, 6.07) is 1.09. The lowest BCUT2D eigenvalue weighted by molar-refractivity contribution is 0.0547. The van der Waals surface area contributed by atoms with Crippen molar-refractivity contribution in [3.63, 3.8) is 0 Å². The molecule has 0 atom stereocenters. The summed E-state index contributed by atoms with van der Waals surface area (Å²) in [6.45, 7) is 16.8. The molecular weight excluding hydrogens is 274 g/mol. The van der Waals surface area contributed by atoms with E-state index in [1.54, 1.807) is 0 Å². The standard InChI is InChI=1S/C14H30N3O2S/c1-13(2)17(14(3)4)20(15-5-9-18-10-6-15)16-7-11-19-12-8-16/h13-14H,5-12H2,1-4H3/q+1. The summed E-state index contributed by atoms with van der Waals surface area (Å²) in [5, 5.41) is 0. The van der Waals surface area contributed by atoms with E-state index in [1.807, 2.05) is 0 Å². The molecule has 2 saturated heterocycles. The molecular formula is C14H30N3O2S+. The fourth-order valence-corrected chi connectivity index (χ4v) is 5.39. The minimum absolute atomic E-state index is 0.0446. The highest BCUT2D eigenvalue weighted by molar-refractivity contribution is 7.90. The molecule has 118 valence electrons. The second kappa shape index (κ2) is 7.96. The minimum Gasteiger partial charge on any atom is -0.378 e. The van der Waals surface area contributed by atoms with Gasteiger partial charge in [-0.1, -0.05) is 12.9 Å². The molecule has 2 aliphatic heterocycles. The normalized spacial score (nSPS) is 23.4. The van der Waals surface area contributed by atoms with Crippen molar-refractivity contribution in [1.29, 1.82) is 0 Å². The summed E-state index contributed by atoms with van der Waals surface area (Å²) >= 11 is 0.0446.